The second-order valence-corrected chi connectivity index (χ2v) is 4.82. The molecule has 0 aliphatic heterocycles. The Bertz CT molecular complexity index is 67.7. The molecular weight excluding hydrogens is 419 g/mol. The van der Waals surface area contributed by atoms with Crippen molar-refractivity contribution >= 4 is 16.5 Å². The number of hydrogen-bond donors (Lipinski definition) is 2. The molecule has 0 aromatic heterocycles. The van der Waals surface area contributed by atoms with Crippen molar-refractivity contribution in [2.45, 2.75) is 0 Å². The molecular formula is C3H10O3P2WY. The van der Waals surface area contributed by atoms with Gasteiger partial charge >= 0.3 is 0 Å². The van der Waals surface area contributed by atoms with Crippen molar-refractivity contribution in [3.8, 4) is 0 Å². The summed E-state index contributed by atoms with van der Waals surface area (Å²) in [6.45, 7) is 1.86. The molecule has 0 saturated carbocycles. The van der Waals surface area contributed by atoms with E-state index in [9.17, 15) is 0 Å². The van der Waals surface area contributed by atoms with Gasteiger partial charge in [0.15, 0.2) is 8.38 Å². The molecule has 2 N–H and O–H groups in total. The molecule has 1 unspecified atom stereocenters. The van der Waals surface area contributed by atoms with E-state index in [-0.39, 0.29) is 53.8 Å². The summed E-state index contributed by atoms with van der Waals surface area (Å²) in [4.78, 5) is 16.8. The van der Waals surface area contributed by atoms with Gasteiger partial charge in [-0.3, -0.25) is 0 Å². The van der Waals surface area contributed by atoms with Crippen LogP contribution in [0, 0.1) is 0 Å². The Hall–Kier alpha value is 2.53. The van der Waals surface area contributed by atoms with Gasteiger partial charge in [0.05, 0.1) is 5.90 Å². The topological polar surface area (TPSA) is 49.7 Å². The maximum Gasteiger partial charge on any atom is 0.171 e. The summed E-state index contributed by atoms with van der Waals surface area (Å²) in [6, 6.07) is 0. The molecule has 0 fully saturated rings. The smallest absolute Gasteiger partial charge is 0.171 e. The fourth-order valence-electron chi connectivity index (χ4n) is 0.236. The zero-order chi connectivity index (χ0) is 6.57. The van der Waals surface area contributed by atoms with Crippen LogP contribution in [0.5, 0.6) is 0 Å². The average molecular weight is 429 g/mol. The Morgan fingerprint density at radius 3 is 1.90 bits per heavy atom. The summed E-state index contributed by atoms with van der Waals surface area (Å²) >= 11 is 0. The van der Waals surface area contributed by atoms with Crippen molar-refractivity contribution in [3.63, 3.8) is 0 Å². The van der Waals surface area contributed by atoms with Crippen LogP contribution in [-0.2, 0) is 58.3 Å². The zero-order valence-electron chi connectivity index (χ0n) is 5.89. The molecule has 0 rings (SSSR count). The van der Waals surface area contributed by atoms with Crippen molar-refractivity contribution in [2.24, 2.45) is 0 Å². The summed E-state index contributed by atoms with van der Waals surface area (Å²) in [5.41, 5.74) is 0. The van der Waals surface area contributed by atoms with Gasteiger partial charge in [0.25, 0.3) is 0 Å². The van der Waals surface area contributed by atoms with Gasteiger partial charge in [-0.2, -0.15) is 0 Å². The Kier molecular flexibility index (Phi) is 21.2. The van der Waals surface area contributed by atoms with E-state index >= 15 is 0 Å². The van der Waals surface area contributed by atoms with E-state index in [1.54, 1.807) is 7.11 Å². The normalized spacial score (nSPS) is 11.7. The third-order valence-corrected chi connectivity index (χ3v) is 3.87. The summed E-state index contributed by atoms with van der Waals surface area (Å²) in [6.07, 6.45) is 0. The maximum atomic E-state index is 8.41. The fourth-order valence-corrected chi connectivity index (χ4v) is 2.12. The van der Waals surface area contributed by atoms with Crippen LogP contribution in [-0.4, -0.2) is 29.5 Å². The van der Waals surface area contributed by atoms with Crippen molar-refractivity contribution in [1.29, 1.82) is 0 Å². The van der Waals surface area contributed by atoms with Gasteiger partial charge in [0, 0.05) is 69.0 Å². The van der Waals surface area contributed by atoms with Crippen molar-refractivity contribution in [3.05, 3.63) is 0 Å². The molecule has 1 atom stereocenters. The van der Waals surface area contributed by atoms with Crippen molar-refractivity contribution < 1.29 is 68.1 Å². The van der Waals surface area contributed by atoms with Crippen LogP contribution in [0.1, 0.15) is 0 Å². The van der Waals surface area contributed by atoms with Gasteiger partial charge in [-0.1, -0.05) is 0 Å². The van der Waals surface area contributed by atoms with Crippen molar-refractivity contribution in [1.82, 2.24) is 0 Å². The molecule has 0 aromatic carbocycles. The van der Waals surface area contributed by atoms with Crippen LogP contribution in [0.4, 0.5) is 0 Å². The molecule has 0 aliphatic rings. The largest absolute Gasteiger partial charge is 0.362 e. The molecule has 0 aliphatic carbocycles. The first-order valence-electron chi connectivity index (χ1n) is 2.07. The van der Waals surface area contributed by atoms with Gasteiger partial charge in [-0.15, -0.1) is 0 Å². The second-order valence-electron chi connectivity index (χ2n) is 1.32. The van der Waals surface area contributed by atoms with E-state index in [4.69, 9.17) is 14.3 Å². The summed E-state index contributed by atoms with van der Waals surface area (Å²) < 4.78 is 4.82. The molecule has 1 radical (unpaired) electrons. The number of hydrogen-bond acceptors (Lipinski definition) is 3. The van der Waals surface area contributed by atoms with E-state index in [0.29, 0.717) is 5.90 Å². The van der Waals surface area contributed by atoms with Gasteiger partial charge < -0.3 is 14.3 Å². The van der Waals surface area contributed by atoms with Crippen LogP contribution in [0.3, 0.4) is 0 Å². The Labute approximate surface area is 103 Å². The molecule has 0 aromatic rings. The standard InChI is InChI=1S/C3H10O3P2.W.Y/c1-6-7(2)3-8(4)5;;/h4-5H,3H2,1-2H3;;. The van der Waals surface area contributed by atoms with Crippen LogP contribution in [0.2, 0.25) is 0 Å². The second kappa shape index (κ2) is 11.5. The SMILES string of the molecule is COP(C)CP(O)O.[W].[Y]. The molecule has 0 bridgehead atoms. The number of rotatable bonds is 3. The van der Waals surface area contributed by atoms with Gasteiger partial charge in [-0.25, -0.2) is 0 Å². The van der Waals surface area contributed by atoms with E-state index in [1.165, 1.54) is 0 Å². The Balaban J connectivity index is -0.000000245. The van der Waals surface area contributed by atoms with E-state index < -0.39 is 16.5 Å². The first-order valence-corrected chi connectivity index (χ1v) is 5.39. The molecule has 59 valence electrons. The Morgan fingerprint density at radius 2 is 1.80 bits per heavy atom. The molecule has 7 heteroatoms. The minimum atomic E-state index is -1.74. The van der Waals surface area contributed by atoms with E-state index in [1.807, 2.05) is 6.66 Å². The van der Waals surface area contributed by atoms with Crippen molar-refractivity contribution in [2.75, 3.05) is 19.7 Å². The van der Waals surface area contributed by atoms with E-state index in [0.717, 1.165) is 0 Å². The summed E-state index contributed by atoms with van der Waals surface area (Å²) in [7, 11) is -0.757. The maximum absolute atomic E-state index is 8.41. The molecule has 0 spiro atoms. The zero-order valence-corrected chi connectivity index (χ0v) is 13.5. The molecule has 0 saturated heterocycles. The summed E-state index contributed by atoms with van der Waals surface area (Å²) in [5.74, 6) is 0.404. The molecule has 0 amide bonds. The molecule has 0 heterocycles. The van der Waals surface area contributed by atoms with Crippen LogP contribution < -0.4 is 0 Å². The quantitative estimate of drug-likeness (QED) is 0.657. The molecule has 10 heavy (non-hydrogen) atoms. The monoisotopic (exact) mass is 429 g/mol. The van der Waals surface area contributed by atoms with Crippen LogP contribution in [0.25, 0.3) is 0 Å². The van der Waals surface area contributed by atoms with Crippen LogP contribution in [0.15, 0.2) is 0 Å². The van der Waals surface area contributed by atoms with Crippen LogP contribution >= 0.6 is 16.5 Å². The predicted octanol–water partition coefficient (Wildman–Crippen LogP) is 0.908. The third kappa shape index (κ3) is 13.1. The predicted molar refractivity (Wildman–Crippen MR) is 36.1 cm³/mol. The van der Waals surface area contributed by atoms with Gasteiger partial charge in [0.2, 0.25) is 0 Å². The Morgan fingerprint density at radius 1 is 1.40 bits per heavy atom. The average Bonchev–Trinajstić information content (AvgIpc) is 1.65. The van der Waals surface area contributed by atoms with Gasteiger partial charge in [0.1, 0.15) is 0 Å². The van der Waals surface area contributed by atoms with E-state index in [2.05, 4.69) is 0 Å². The minimum Gasteiger partial charge on any atom is -0.362 e. The summed E-state index contributed by atoms with van der Waals surface area (Å²) in [5, 5.41) is 0. The first kappa shape index (κ1) is 18.3. The first-order chi connectivity index (χ1) is 3.66. The minimum absolute atomic E-state index is 0. The third-order valence-electron chi connectivity index (χ3n) is 0.637. The fraction of sp³-hybridized carbons (Fsp3) is 1.00. The van der Waals surface area contributed by atoms with Gasteiger partial charge in [-0.05, 0) is 6.66 Å². The molecule has 3 nitrogen and oxygen atoms in total.